The molecule has 0 aromatic heterocycles. The lowest BCUT2D eigenvalue weighted by Gasteiger charge is -2.17. The molecule has 4 heteroatoms. The lowest BCUT2D eigenvalue weighted by atomic mass is 10.1. The van der Waals surface area contributed by atoms with Gasteiger partial charge in [0.1, 0.15) is 0 Å². The SMILES string of the molecule is Cc1cccc(C(C)Nc2ccc(Cl)c(C(N)=O)c2)c1. The summed E-state index contributed by atoms with van der Waals surface area (Å²) in [5.41, 5.74) is 8.83. The highest BCUT2D eigenvalue weighted by molar-refractivity contribution is 6.33. The molecule has 2 rings (SSSR count). The molecule has 0 aliphatic rings. The van der Waals surface area contributed by atoms with E-state index in [1.54, 1.807) is 12.1 Å². The molecule has 0 aliphatic heterocycles. The van der Waals surface area contributed by atoms with Crippen LogP contribution in [-0.4, -0.2) is 5.91 Å². The number of amides is 1. The average Bonchev–Trinajstić information content (AvgIpc) is 2.40. The van der Waals surface area contributed by atoms with Crippen LogP contribution in [0.15, 0.2) is 42.5 Å². The maximum absolute atomic E-state index is 11.3. The van der Waals surface area contributed by atoms with Crippen LogP contribution in [0.3, 0.4) is 0 Å². The third-order valence-electron chi connectivity index (χ3n) is 3.16. The van der Waals surface area contributed by atoms with Crippen molar-refractivity contribution in [2.75, 3.05) is 5.32 Å². The predicted octanol–water partition coefficient (Wildman–Crippen LogP) is 3.92. The molecule has 0 spiro atoms. The summed E-state index contributed by atoms with van der Waals surface area (Å²) in [6, 6.07) is 13.6. The molecule has 0 bridgehead atoms. The quantitative estimate of drug-likeness (QED) is 0.896. The molecule has 0 aliphatic carbocycles. The summed E-state index contributed by atoms with van der Waals surface area (Å²) in [6.07, 6.45) is 0. The first-order valence-electron chi connectivity index (χ1n) is 6.40. The maximum Gasteiger partial charge on any atom is 0.250 e. The summed E-state index contributed by atoms with van der Waals surface area (Å²) in [6.45, 7) is 4.12. The Hall–Kier alpha value is -2.00. The van der Waals surface area contributed by atoms with Crippen LogP contribution in [-0.2, 0) is 0 Å². The molecule has 104 valence electrons. The van der Waals surface area contributed by atoms with E-state index < -0.39 is 5.91 Å². The fraction of sp³-hybridized carbons (Fsp3) is 0.188. The van der Waals surface area contributed by atoms with E-state index in [0.29, 0.717) is 10.6 Å². The van der Waals surface area contributed by atoms with Crippen molar-refractivity contribution in [3.8, 4) is 0 Å². The van der Waals surface area contributed by atoms with Crippen molar-refractivity contribution in [2.24, 2.45) is 5.73 Å². The van der Waals surface area contributed by atoms with Crippen LogP contribution in [0.5, 0.6) is 0 Å². The number of benzene rings is 2. The van der Waals surface area contributed by atoms with Crippen molar-refractivity contribution in [3.05, 3.63) is 64.2 Å². The number of nitrogens with two attached hydrogens (primary N) is 1. The zero-order valence-electron chi connectivity index (χ0n) is 11.5. The molecule has 1 atom stereocenters. The molecular weight excluding hydrogens is 272 g/mol. The zero-order valence-corrected chi connectivity index (χ0v) is 12.2. The molecule has 20 heavy (non-hydrogen) atoms. The zero-order chi connectivity index (χ0) is 14.7. The van der Waals surface area contributed by atoms with Crippen LogP contribution in [0.4, 0.5) is 5.69 Å². The van der Waals surface area contributed by atoms with E-state index in [4.69, 9.17) is 17.3 Å². The maximum atomic E-state index is 11.3. The fourth-order valence-corrected chi connectivity index (χ4v) is 2.29. The third-order valence-corrected chi connectivity index (χ3v) is 3.49. The van der Waals surface area contributed by atoms with Gasteiger partial charge in [0.25, 0.3) is 0 Å². The Bertz CT molecular complexity index is 640. The highest BCUT2D eigenvalue weighted by Gasteiger charge is 2.10. The van der Waals surface area contributed by atoms with E-state index >= 15 is 0 Å². The van der Waals surface area contributed by atoms with Crippen molar-refractivity contribution in [3.63, 3.8) is 0 Å². The van der Waals surface area contributed by atoms with Gasteiger partial charge in [0.05, 0.1) is 10.6 Å². The van der Waals surface area contributed by atoms with Crippen LogP contribution in [0.25, 0.3) is 0 Å². The Morgan fingerprint density at radius 3 is 2.65 bits per heavy atom. The first-order chi connectivity index (χ1) is 9.47. The number of halogens is 1. The van der Waals surface area contributed by atoms with E-state index in [0.717, 1.165) is 5.69 Å². The molecule has 3 N–H and O–H groups in total. The van der Waals surface area contributed by atoms with Crippen LogP contribution in [0.2, 0.25) is 5.02 Å². The molecule has 0 fully saturated rings. The summed E-state index contributed by atoms with van der Waals surface area (Å²) in [7, 11) is 0. The summed E-state index contributed by atoms with van der Waals surface area (Å²) >= 11 is 5.94. The van der Waals surface area contributed by atoms with E-state index in [2.05, 4.69) is 37.4 Å². The number of nitrogens with one attached hydrogen (secondary N) is 1. The smallest absolute Gasteiger partial charge is 0.250 e. The van der Waals surface area contributed by atoms with Gasteiger partial charge < -0.3 is 11.1 Å². The second-order valence-corrected chi connectivity index (χ2v) is 5.25. The minimum Gasteiger partial charge on any atom is -0.378 e. The van der Waals surface area contributed by atoms with Crippen molar-refractivity contribution in [1.29, 1.82) is 0 Å². The molecule has 0 radical (unpaired) electrons. The summed E-state index contributed by atoms with van der Waals surface area (Å²) in [4.78, 5) is 11.3. The van der Waals surface area contributed by atoms with E-state index in [9.17, 15) is 4.79 Å². The van der Waals surface area contributed by atoms with Crippen LogP contribution in [0, 0.1) is 6.92 Å². The van der Waals surface area contributed by atoms with Gasteiger partial charge in [-0.15, -0.1) is 0 Å². The minimum atomic E-state index is -0.526. The first kappa shape index (κ1) is 14.4. The first-order valence-corrected chi connectivity index (χ1v) is 6.77. The molecule has 3 nitrogen and oxygen atoms in total. The highest BCUT2D eigenvalue weighted by Crippen LogP contribution is 2.24. The topological polar surface area (TPSA) is 55.1 Å². The van der Waals surface area contributed by atoms with Gasteiger partial charge in [-0.3, -0.25) is 4.79 Å². The molecule has 2 aromatic rings. The van der Waals surface area contributed by atoms with Gasteiger partial charge in [-0.2, -0.15) is 0 Å². The van der Waals surface area contributed by atoms with Crippen LogP contribution >= 0.6 is 11.6 Å². The van der Waals surface area contributed by atoms with Gasteiger partial charge in [0, 0.05) is 11.7 Å². The summed E-state index contributed by atoms with van der Waals surface area (Å²) < 4.78 is 0. The second kappa shape index (κ2) is 5.97. The molecule has 0 heterocycles. The summed E-state index contributed by atoms with van der Waals surface area (Å²) in [5, 5.41) is 3.71. The normalized spacial score (nSPS) is 11.9. The van der Waals surface area contributed by atoms with Gasteiger partial charge in [-0.25, -0.2) is 0 Å². The Morgan fingerprint density at radius 1 is 1.25 bits per heavy atom. The summed E-state index contributed by atoms with van der Waals surface area (Å²) in [5.74, 6) is -0.526. The van der Waals surface area contributed by atoms with E-state index in [-0.39, 0.29) is 6.04 Å². The number of primary amides is 1. The average molecular weight is 289 g/mol. The number of anilines is 1. The molecule has 0 saturated carbocycles. The lowest BCUT2D eigenvalue weighted by molar-refractivity contribution is 0.100. The number of hydrogen-bond donors (Lipinski definition) is 2. The van der Waals surface area contributed by atoms with Crippen LogP contribution in [0.1, 0.15) is 34.5 Å². The van der Waals surface area contributed by atoms with E-state index in [1.165, 1.54) is 11.1 Å². The fourth-order valence-electron chi connectivity index (χ4n) is 2.08. The second-order valence-electron chi connectivity index (χ2n) is 4.84. The Balaban J connectivity index is 2.22. The highest BCUT2D eigenvalue weighted by atomic mass is 35.5. The molecule has 0 saturated heterocycles. The molecular formula is C16H17ClN2O. The van der Waals surface area contributed by atoms with Gasteiger partial charge in [0.2, 0.25) is 5.91 Å². The van der Waals surface area contributed by atoms with Crippen molar-refractivity contribution in [1.82, 2.24) is 0 Å². The third kappa shape index (κ3) is 3.31. The van der Waals surface area contributed by atoms with Gasteiger partial charge in [-0.1, -0.05) is 41.4 Å². The lowest BCUT2D eigenvalue weighted by Crippen LogP contribution is -2.13. The Morgan fingerprint density at radius 2 is 2.00 bits per heavy atom. The van der Waals surface area contributed by atoms with E-state index in [1.807, 2.05) is 12.1 Å². The van der Waals surface area contributed by atoms with Crippen molar-refractivity contribution in [2.45, 2.75) is 19.9 Å². The minimum absolute atomic E-state index is 0.122. The van der Waals surface area contributed by atoms with Crippen LogP contribution < -0.4 is 11.1 Å². The van der Waals surface area contributed by atoms with Gasteiger partial charge >= 0.3 is 0 Å². The number of hydrogen-bond acceptors (Lipinski definition) is 2. The monoisotopic (exact) mass is 288 g/mol. The molecule has 2 aromatic carbocycles. The molecule has 1 amide bonds. The number of rotatable bonds is 4. The molecule has 1 unspecified atom stereocenters. The number of aryl methyl sites for hydroxylation is 1. The largest absolute Gasteiger partial charge is 0.378 e. The van der Waals surface area contributed by atoms with Gasteiger partial charge in [0.15, 0.2) is 0 Å². The van der Waals surface area contributed by atoms with Crippen molar-refractivity contribution < 1.29 is 4.79 Å². The Kier molecular flexibility index (Phi) is 4.30. The van der Waals surface area contributed by atoms with Crippen molar-refractivity contribution >= 4 is 23.2 Å². The number of carbonyl (C=O) groups excluding carboxylic acids is 1. The standard InChI is InChI=1S/C16H17ClN2O/c1-10-4-3-5-12(8-10)11(2)19-13-6-7-15(17)14(9-13)16(18)20/h3-9,11,19H,1-2H3,(H2,18,20). The predicted molar refractivity (Wildman–Crippen MR) is 83.2 cm³/mol. The number of carbonyl (C=O) groups is 1. The Labute approximate surface area is 123 Å². The van der Waals surface area contributed by atoms with Gasteiger partial charge in [-0.05, 0) is 37.6 Å².